The van der Waals surface area contributed by atoms with Gasteiger partial charge >= 0.3 is 10.7 Å². The highest BCUT2D eigenvalue weighted by atomic mass is 32.2. The summed E-state index contributed by atoms with van der Waals surface area (Å²) in [6.07, 6.45) is 3.53. The minimum absolute atomic E-state index is 0.235. The molecule has 7 aromatic rings. The smallest absolute Gasteiger partial charge is 0.417 e. The molecule has 0 unspecified atom stereocenters. The summed E-state index contributed by atoms with van der Waals surface area (Å²) < 4.78 is 15.8. The molecule has 0 spiro atoms. The number of hydrogen-bond acceptors (Lipinski definition) is 8. The summed E-state index contributed by atoms with van der Waals surface area (Å²) in [6.45, 7) is 34.5. The van der Waals surface area contributed by atoms with Crippen molar-refractivity contribution in [3.8, 4) is 5.75 Å². The summed E-state index contributed by atoms with van der Waals surface area (Å²) in [5.41, 5.74) is 7.67. The van der Waals surface area contributed by atoms with E-state index in [4.69, 9.17) is 13.6 Å². The fourth-order valence-corrected chi connectivity index (χ4v) is 6.94. The lowest BCUT2D eigenvalue weighted by Crippen LogP contribution is -1.92. The van der Waals surface area contributed by atoms with Crippen LogP contribution in [0.25, 0.3) is 21.4 Å². The first kappa shape index (κ1) is 60.0. The Bertz CT molecular complexity index is 2030. The van der Waals surface area contributed by atoms with Crippen molar-refractivity contribution in [3.63, 3.8) is 0 Å². The standard InChI is InChI=1S/C8H9N.C8H8O.C8H8S.C7H5NO2.C7H4O2S.5C4H10/c3*1-2-4-8-7(3-1)5-6-9-8;9-7-8-5-3-1-2-4-6(5)10-7;8-7-9-5-3-1-2-4-6(5)10-7;5*1-4(2)3/h1-4,9H,5-6H2;2*1-4H,5-6H2;1-4H,(H,8,9);1-4H;5*4H,1-3H3. The Hall–Kier alpha value is -4.99. The zero-order valence-corrected chi connectivity index (χ0v) is 45.2. The Morgan fingerprint density at radius 1 is 0.493 bits per heavy atom. The summed E-state index contributed by atoms with van der Waals surface area (Å²) in [4.78, 5) is 25.0. The molecule has 9 heteroatoms. The fraction of sp³-hybridized carbons (Fsp3) is 0.448. The minimum Gasteiger partial charge on any atom is -0.493 e. The average molecular weight is 953 g/mol. The number of H-pyrrole nitrogens is 1. The van der Waals surface area contributed by atoms with E-state index in [-0.39, 0.29) is 4.94 Å². The Labute approximate surface area is 412 Å². The van der Waals surface area contributed by atoms with E-state index in [2.05, 4.69) is 169 Å². The van der Waals surface area contributed by atoms with Gasteiger partial charge < -0.3 is 18.9 Å². The Morgan fingerprint density at radius 3 is 1.54 bits per heavy atom. The van der Waals surface area contributed by atoms with Crippen LogP contribution in [-0.2, 0) is 19.3 Å². The van der Waals surface area contributed by atoms with Gasteiger partial charge in [0.2, 0.25) is 0 Å². The Morgan fingerprint density at radius 2 is 0.985 bits per heavy atom. The molecule has 0 fully saturated rings. The highest BCUT2D eigenvalue weighted by Gasteiger charge is 2.09. The third-order valence-electron chi connectivity index (χ3n) is 7.49. The lowest BCUT2D eigenvalue weighted by Gasteiger charge is -1.94. The first-order valence-corrected chi connectivity index (χ1v) is 25.9. The zero-order chi connectivity index (χ0) is 50.1. The number of aromatic nitrogens is 1. The number of oxazole rings is 1. The molecule has 0 radical (unpaired) electrons. The molecule has 5 aromatic carbocycles. The normalized spacial score (nSPS) is 11.8. The minimum atomic E-state index is -0.402. The number of thioether (sulfide) groups is 1. The van der Waals surface area contributed by atoms with E-state index < -0.39 is 5.76 Å². The van der Waals surface area contributed by atoms with Crippen LogP contribution in [0.5, 0.6) is 5.75 Å². The molecule has 10 rings (SSSR count). The molecular formula is C58H84N2O5S2. The fourth-order valence-electron chi connectivity index (χ4n) is 5.20. The number of fused-ring (bicyclic) bond motifs is 5. The second-order valence-electron chi connectivity index (χ2n) is 19.3. The molecule has 2 N–H and O–H groups in total. The number of ether oxygens (including phenoxy) is 1. The SMILES string of the molecule is CC(C)C.CC(C)C.CC(C)C.CC(C)C.CC(C)C.O=c1[nH]c2ccccc2o1.O=c1oc2ccccc2s1.c1ccc2c(c1)CCN2.c1ccc2c(c1)CCO2.c1ccc2c(c1)CCS2. The maximum absolute atomic E-state index is 10.6. The number of aromatic amines is 1. The lowest BCUT2D eigenvalue weighted by molar-refractivity contribution is 0.357. The monoisotopic (exact) mass is 953 g/mol. The van der Waals surface area contributed by atoms with Gasteiger partial charge in [-0.25, -0.2) is 9.59 Å². The quantitative estimate of drug-likeness (QED) is 0.156. The third-order valence-corrected chi connectivity index (χ3v) is 9.42. The van der Waals surface area contributed by atoms with Crippen molar-refractivity contribution in [2.45, 2.75) is 128 Å². The Kier molecular flexibility index (Phi) is 31.5. The maximum Gasteiger partial charge on any atom is 0.417 e. The summed E-state index contributed by atoms with van der Waals surface area (Å²) in [5, 5.41) is 3.30. The molecule has 0 saturated heterocycles. The van der Waals surface area contributed by atoms with Crippen LogP contribution in [0.15, 0.2) is 145 Å². The van der Waals surface area contributed by atoms with E-state index >= 15 is 0 Å². The molecular weight excluding hydrogens is 869 g/mol. The van der Waals surface area contributed by atoms with Crippen LogP contribution in [0.2, 0.25) is 0 Å². The van der Waals surface area contributed by atoms with Gasteiger partial charge in [-0.2, -0.15) is 0 Å². The van der Waals surface area contributed by atoms with Crippen LogP contribution < -0.4 is 20.7 Å². The van der Waals surface area contributed by atoms with Gasteiger partial charge in [-0.15, -0.1) is 11.8 Å². The van der Waals surface area contributed by atoms with Gasteiger partial charge in [-0.1, -0.05) is 194 Å². The van der Waals surface area contributed by atoms with Crippen molar-refractivity contribution in [2.24, 2.45) is 29.6 Å². The van der Waals surface area contributed by atoms with E-state index in [1.807, 2.05) is 60.3 Å². The predicted molar refractivity (Wildman–Crippen MR) is 295 cm³/mol. The number of benzene rings is 5. The van der Waals surface area contributed by atoms with E-state index in [0.29, 0.717) is 11.2 Å². The van der Waals surface area contributed by atoms with E-state index in [1.165, 1.54) is 45.9 Å². The number of rotatable bonds is 0. The van der Waals surface area contributed by atoms with Crippen LogP contribution in [0, 0.1) is 29.6 Å². The largest absolute Gasteiger partial charge is 0.493 e. The van der Waals surface area contributed by atoms with Crippen molar-refractivity contribution < 1.29 is 13.6 Å². The molecule has 0 bridgehead atoms. The molecule has 67 heavy (non-hydrogen) atoms. The van der Waals surface area contributed by atoms with Crippen molar-refractivity contribution >= 4 is 50.2 Å². The van der Waals surface area contributed by atoms with E-state index in [9.17, 15) is 9.59 Å². The molecule has 5 heterocycles. The molecule has 0 atom stereocenters. The van der Waals surface area contributed by atoms with Gasteiger partial charge in [-0.05, 0) is 102 Å². The summed E-state index contributed by atoms with van der Waals surface area (Å²) in [7, 11) is 0. The second-order valence-corrected chi connectivity index (χ2v) is 21.4. The predicted octanol–water partition coefficient (Wildman–Crippen LogP) is 16.9. The second kappa shape index (κ2) is 35.2. The molecule has 0 saturated carbocycles. The van der Waals surface area contributed by atoms with E-state index in [0.717, 1.165) is 76.5 Å². The number of hydrogen-bond donors (Lipinski definition) is 2. The molecule has 7 nitrogen and oxygen atoms in total. The van der Waals surface area contributed by atoms with Crippen LogP contribution in [0.4, 0.5) is 5.69 Å². The highest BCUT2D eigenvalue weighted by Crippen LogP contribution is 2.30. The summed E-state index contributed by atoms with van der Waals surface area (Å²) in [6, 6.07) is 39.9. The molecule has 0 aliphatic carbocycles. The van der Waals surface area contributed by atoms with Gasteiger partial charge in [-0.3, -0.25) is 4.98 Å². The van der Waals surface area contributed by atoms with Crippen molar-refractivity contribution in [2.75, 3.05) is 24.2 Å². The highest BCUT2D eigenvalue weighted by molar-refractivity contribution is 7.99. The van der Waals surface area contributed by atoms with Gasteiger partial charge in [0.1, 0.15) is 11.3 Å². The van der Waals surface area contributed by atoms with Crippen LogP contribution in [0.3, 0.4) is 0 Å². The van der Waals surface area contributed by atoms with Gasteiger partial charge in [0.15, 0.2) is 5.58 Å². The van der Waals surface area contributed by atoms with Gasteiger partial charge in [0.05, 0.1) is 16.8 Å². The number of anilines is 1. The van der Waals surface area contributed by atoms with Crippen molar-refractivity contribution in [3.05, 3.63) is 158 Å². The van der Waals surface area contributed by atoms with Gasteiger partial charge in [0.25, 0.3) is 0 Å². The first-order valence-electron chi connectivity index (χ1n) is 24.1. The van der Waals surface area contributed by atoms with Gasteiger partial charge in [0, 0.05) is 29.3 Å². The van der Waals surface area contributed by atoms with E-state index in [1.54, 1.807) is 18.2 Å². The average Bonchev–Trinajstić information content (AvgIpc) is 4.10. The van der Waals surface area contributed by atoms with Crippen molar-refractivity contribution in [1.82, 2.24) is 4.98 Å². The topological polar surface area (TPSA) is 97.5 Å². The summed E-state index contributed by atoms with van der Waals surface area (Å²) >= 11 is 3.10. The number of aryl methyl sites for hydroxylation is 1. The van der Waals surface area contributed by atoms with Crippen LogP contribution in [0.1, 0.15) is 121 Å². The summed E-state index contributed by atoms with van der Waals surface area (Å²) in [5.74, 6) is 6.11. The van der Waals surface area contributed by atoms with Crippen LogP contribution in [-0.4, -0.2) is 23.9 Å². The lowest BCUT2D eigenvalue weighted by atomic mass is 10.2. The Balaban J connectivity index is 0.000000382. The number of nitrogens with one attached hydrogen (secondary N) is 2. The third kappa shape index (κ3) is 30.1. The molecule has 3 aliphatic heterocycles. The van der Waals surface area contributed by atoms with Crippen molar-refractivity contribution in [1.29, 1.82) is 0 Å². The molecule has 368 valence electrons. The first-order chi connectivity index (χ1) is 31.8. The molecule has 2 aromatic heterocycles. The molecule has 3 aliphatic rings. The maximum atomic E-state index is 10.6. The molecule has 0 amide bonds. The van der Waals surface area contributed by atoms with Crippen LogP contribution >= 0.6 is 23.1 Å². The zero-order valence-electron chi connectivity index (χ0n) is 43.5. The number of para-hydroxylation sites is 5.